The molecular weight excluding hydrogens is 218 g/mol. The van der Waals surface area contributed by atoms with Crippen LogP contribution in [-0.2, 0) is 6.54 Å². The van der Waals surface area contributed by atoms with Crippen LogP contribution in [0.1, 0.15) is 37.8 Å². The van der Waals surface area contributed by atoms with Crippen molar-refractivity contribution in [3.8, 4) is 0 Å². The molecule has 16 heavy (non-hydrogen) atoms. The minimum Gasteiger partial charge on any atom is -0.306 e. The Morgan fingerprint density at radius 1 is 1.25 bits per heavy atom. The lowest BCUT2D eigenvalue weighted by atomic mass is 9.95. The molecule has 0 saturated heterocycles. The van der Waals surface area contributed by atoms with E-state index < -0.39 is 0 Å². The van der Waals surface area contributed by atoms with Gasteiger partial charge in [0.15, 0.2) is 0 Å². The standard InChI is InChI=1S/C14H22ClN/c1-4-14(5-2,11-15)16-10-13-8-6-7-12(3)9-13/h6-9,16H,4-5,10-11H2,1-3H3. The molecule has 0 bridgehead atoms. The van der Waals surface area contributed by atoms with Crippen LogP contribution in [0.3, 0.4) is 0 Å². The van der Waals surface area contributed by atoms with Crippen LogP contribution in [0, 0.1) is 6.92 Å². The molecule has 0 aliphatic rings. The van der Waals surface area contributed by atoms with Gasteiger partial charge in [-0.3, -0.25) is 0 Å². The van der Waals surface area contributed by atoms with Crippen molar-refractivity contribution >= 4 is 11.6 Å². The van der Waals surface area contributed by atoms with Crippen molar-refractivity contribution in [2.75, 3.05) is 5.88 Å². The average molecular weight is 240 g/mol. The summed E-state index contributed by atoms with van der Waals surface area (Å²) in [7, 11) is 0. The van der Waals surface area contributed by atoms with E-state index >= 15 is 0 Å². The SMILES string of the molecule is CCC(CC)(CCl)NCc1cccc(C)c1. The lowest BCUT2D eigenvalue weighted by molar-refractivity contribution is 0.334. The first-order valence-corrected chi connectivity index (χ1v) is 6.56. The number of aryl methyl sites for hydroxylation is 1. The molecular formula is C14H22ClN. The van der Waals surface area contributed by atoms with Gasteiger partial charge in [-0.2, -0.15) is 0 Å². The Balaban J connectivity index is 2.62. The van der Waals surface area contributed by atoms with Crippen molar-refractivity contribution in [2.45, 2.75) is 45.7 Å². The third kappa shape index (κ3) is 3.50. The summed E-state index contributed by atoms with van der Waals surface area (Å²) in [4.78, 5) is 0. The Hall–Kier alpha value is -0.530. The molecule has 90 valence electrons. The van der Waals surface area contributed by atoms with Crippen molar-refractivity contribution in [3.63, 3.8) is 0 Å². The van der Waals surface area contributed by atoms with E-state index in [9.17, 15) is 0 Å². The number of alkyl halides is 1. The summed E-state index contributed by atoms with van der Waals surface area (Å²) in [5.41, 5.74) is 2.73. The van der Waals surface area contributed by atoms with E-state index in [-0.39, 0.29) is 5.54 Å². The van der Waals surface area contributed by atoms with Gasteiger partial charge >= 0.3 is 0 Å². The Bertz CT molecular complexity index is 310. The molecule has 0 atom stereocenters. The molecule has 1 nitrogen and oxygen atoms in total. The zero-order valence-corrected chi connectivity index (χ0v) is 11.3. The maximum absolute atomic E-state index is 6.06. The Morgan fingerprint density at radius 3 is 2.44 bits per heavy atom. The third-order valence-electron chi connectivity index (χ3n) is 3.36. The zero-order chi connectivity index (χ0) is 12.0. The molecule has 1 rings (SSSR count). The van der Waals surface area contributed by atoms with E-state index in [1.54, 1.807) is 0 Å². The highest BCUT2D eigenvalue weighted by Gasteiger charge is 2.23. The molecule has 0 unspecified atom stereocenters. The summed E-state index contributed by atoms with van der Waals surface area (Å²) in [6.07, 6.45) is 2.14. The van der Waals surface area contributed by atoms with Crippen molar-refractivity contribution in [1.29, 1.82) is 0 Å². The highest BCUT2D eigenvalue weighted by Crippen LogP contribution is 2.18. The van der Waals surface area contributed by atoms with E-state index in [4.69, 9.17) is 11.6 Å². The van der Waals surface area contributed by atoms with Crippen molar-refractivity contribution in [2.24, 2.45) is 0 Å². The van der Waals surface area contributed by atoms with Crippen molar-refractivity contribution in [1.82, 2.24) is 5.32 Å². The topological polar surface area (TPSA) is 12.0 Å². The molecule has 0 aromatic heterocycles. The van der Waals surface area contributed by atoms with E-state index in [0.29, 0.717) is 5.88 Å². The predicted octanol–water partition coefficient (Wildman–Crippen LogP) is 3.88. The quantitative estimate of drug-likeness (QED) is 0.743. The van der Waals surface area contributed by atoms with Crippen LogP contribution in [0.5, 0.6) is 0 Å². The van der Waals surface area contributed by atoms with Crippen LogP contribution in [0.4, 0.5) is 0 Å². The summed E-state index contributed by atoms with van der Waals surface area (Å²) < 4.78 is 0. The van der Waals surface area contributed by atoms with E-state index in [1.165, 1.54) is 11.1 Å². The number of halogens is 1. The molecule has 2 heteroatoms. The minimum absolute atomic E-state index is 0.0886. The van der Waals surface area contributed by atoms with Crippen LogP contribution in [-0.4, -0.2) is 11.4 Å². The summed E-state index contributed by atoms with van der Waals surface area (Å²) in [6, 6.07) is 8.60. The van der Waals surface area contributed by atoms with Crippen molar-refractivity contribution in [3.05, 3.63) is 35.4 Å². The molecule has 0 radical (unpaired) electrons. The molecule has 0 aliphatic carbocycles. The lowest BCUT2D eigenvalue weighted by Crippen LogP contribution is -2.45. The van der Waals surface area contributed by atoms with E-state index in [1.807, 2.05) is 0 Å². The summed E-state index contributed by atoms with van der Waals surface area (Å²) in [5.74, 6) is 0.672. The second-order valence-corrected chi connectivity index (χ2v) is 4.73. The Morgan fingerprint density at radius 2 is 1.94 bits per heavy atom. The fraction of sp³-hybridized carbons (Fsp3) is 0.571. The second kappa shape index (κ2) is 6.27. The monoisotopic (exact) mass is 239 g/mol. The summed E-state index contributed by atoms with van der Waals surface area (Å²) in [5, 5.41) is 3.59. The highest BCUT2D eigenvalue weighted by molar-refractivity contribution is 6.18. The van der Waals surface area contributed by atoms with Crippen LogP contribution in [0.15, 0.2) is 24.3 Å². The number of nitrogens with one attached hydrogen (secondary N) is 1. The predicted molar refractivity (Wildman–Crippen MR) is 72.1 cm³/mol. The van der Waals surface area contributed by atoms with Gasteiger partial charge in [0.05, 0.1) is 0 Å². The number of hydrogen-bond donors (Lipinski definition) is 1. The molecule has 0 aliphatic heterocycles. The maximum Gasteiger partial charge on any atom is 0.0405 e. The Kier molecular flexibility index (Phi) is 5.30. The number of benzene rings is 1. The molecule has 0 saturated carbocycles. The molecule has 0 amide bonds. The number of hydrogen-bond acceptors (Lipinski definition) is 1. The number of rotatable bonds is 6. The first kappa shape index (κ1) is 13.5. The summed E-state index contributed by atoms with van der Waals surface area (Å²) >= 11 is 6.06. The fourth-order valence-corrected chi connectivity index (χ4v) is 2.32. The second-order valence-electron chi connectivity index (χ2n) is 4.46. The molecule has 1 aromatic carbocycles. The van der Waals surface area contributed by atoms with Crippen LogP contribution in [0.25, 0.3) is 0 Å². The van der Waals surface area contributed by atoms with Gasteiger partial charge in [0.2, 0.25) is 0 Å². The van der Waals surface area contributed by atoms with Gasteiger partial charge in [-0.15, -0.1) is 11.6 Å². The Labute approximate surface area is 104 Å². The van der Waals surface area contributed by atoms with Gasteiger partial charge in [0.1, 0.15) is 0 Å². The molecule has 0 spiro atoms. The van der Waals surface area contributed by atoms with Gasteiger partial charge in [-0.1, -0.05) is 43.7 Å². The maximum atomic E-state index is 6.06. The molecule has 0 fully saturated rings. The smallest absolute Gasteiger partial charge is 0.0405 e. The first-order valence-electron chi connectivity index (χ1n) is 6.02. The highest BCUT2D eigenvalue weighted by atomic mass is 35.5. The van der Waals surface area contributed by atoms with E-state index in [2.05, 4.69) is 50.4 Å². The van der Waals surface area contributed by atoms with Gasteiger partial charge in [-0.05, 0) is 25.3 Å². The molecule has 0 heterocycles. The summed E-state index contributed by atoms with van der Waals surface area (Å²) in [6.45, 7) is 7.40. The van der Waals surface area contributed by atoms with Crippen LogP contribution in [0.2, 0.25) is 0 Å². The molecule has 1 aromatic rings. The fourth-order valence-electron chi connectivity index (χ4n) is 1.85. The largest absolute Gasteiger partial charge is 0.306 e. The zero-order valence-electron chi connectivity index (χ0n) is 10.5. The van der Waals surface area contributed by atoms with Gasteiger partial charge in [-0.25, -0.2) is 0 Å². The normalized spacial score (nSPS) is 11.8. The van der Waals surface area contributed by atoms with Crippen LogP contribution < -0.4 is 5.32 Å². The van der Waals surface area contributed by atoms with Gasteiger partial charge < -0.3 is 5.32 Å². The van der Waals surface area contributed by atoms with Gasteiger partial charge in [0.25, 0.3) is 0 Å². The van der Waals surface area contributed by atoms with Gasteiger partial charge in [0, 0.05) is 18.0 Å². The minimum atomic E-state index is 0.0886. The third-order valence-corrected chi connectivity index (χ3v) is 3.87. The van der Waals surface area contributed by atoms with Crippen molar-refractivity contribution < 1.29 is 0 Å². The molecule has 1 N–H and O–H groups in total. The lowest BCUT2D eigenvalue weighted by Gasteiger charge is -2.31. The first-order chi connectivity index (χ1) is 7.65. The van der Waals surface area contributed by atoms with Crippen LogP contribution >= 0.6 is 11.6 Å². The van der Waals surface area contributed by atoms with E-state index in [0.717, 1.165) is 19.4 Å². The average Bonchev–Trinajstić information content (AvgIpc) is 2.32.